The van der Waals surface area contributed by atoms with Crippen molar-refractivity contribution >= 4 is 21.6 Å². The Kier molecular flexibility index (Phi) is 4.92. The first kappa shape index (κ1) is 19.1. The number of hydrogen-bond acceptors (Lipinski definition) is 5. The fourth-order valence-corrected chi connectivity index (χ4v) is 4.19. The Morgan fingerprint density at radius 1 is 1.03 bits per heavy atom. The minimum atomic E-state index is -0.402. The number of aliphatic imine (C=N–C) groups is 1. The molecule has 3 aromatic rings. The van der Waals surface area contributed by atoms with Crippen LogP contribution in [0.25, 0.3) is 0 Å². The molecule has 5 nitrogen and oxygen atoms in total. The van der Waals surface area contributed by atoms with Gasteiger partial charge in [-0.15, -0.1) is 0 Å². The van der Waals surface area contributed by atoms with E-state index in [1.807, 2.05) is 30.3 Å². The lowest BCUT2D eigenvalue weighted by atomic mass is 9.93. The lowest BCUT2D eigenvalue weighted by Crippen LogP contribution is -2.33. The lowest BCUT2D eigenvalue weighted by molar-refractivity contribution is 0.174. The highest BCUT2D eigenvalue weighted by molar-refractivity contribution is 9.10. The number of fused-ring (bicyclic) bond motifs is 1. The molecule has 2 heterocycles. The Bertz CT molecular complexity index is 1150. The van der Waals surface area contributed by atoms with Crippen LogP contribution in [-0.4, -0.2) is 17.6 Å². The Balaban J connectivity index is 1.57. The molecule has 2 N–H and O–H groups in total. The summed E-state index contributed by atoms with van der Waals surface area (Å²) >= 11 is 3.26. The van der Waals surface area contributed by atoms with Gasteiger partial charge in [0.2, 0.25) is 6.79 Å². The van der Waals surface area contributed by atoms with Gasteiger partial charge in [0.1, 0.15) is 17.7 Å². The SMILES string of the molecule is Oc1ccccc1[C@@H]1CC(c2ccc3c(c2)OCO3)=N[C@H](c2ccc(F)c(Br)c2)N1. The summed E-state index contributed by atoms with van der Waals surface area (Å²) < 4.78 is 25.1. The van der Waals surface area contributed by atoms with Crippen LogP contribution in [0.5, 0.6) is 17.2 Å². The van der Waals surface area contributed by atoms with Crippen LogP contribution in [-0.2, 0) is 0 Å². The van der Waals surface area contributed by atoms with E-state index in [1.165, 1.54) is 6.07 Å². The highest BCUT2D eigenvalue weighted by Gasteiger charge is 2.28. The Labute approximate surface area is 181 Å². The molecule has 2 aliphatic heterocycles. The Hall–Kier alpha value is -2.90. The summed E-state index contributed by atoms with van der Waals surface area (Å²) in [6, 6.07) is 17.7. The summed E-state index contributed by atoms with van der Waals surface area (Å²) in [5, 5.41) is 13.9. The number of nitrogens with zero attached hydrogens (tertiary/aromatic N) is 1. The molecule has 2 atom stereocenters. The normalized spacial score (nSPS) is 20.1. The molecule has 7 heteroatoms. The largest absolute Gasteiger partial charge is 0.508 e. The van der Waals surface area contributed by atoms with Crippen LogP contribution in [0, 0.1) is 5.82 Å². The second-order valence-corrected chi connectivity index (χ2v) is 8.06. The van der Waals surface area contributed by atoms with Crippen LogP contribution in [0.2, 0.25) is 0 Å². The van der Waals surface area contributed by atoms with Crippen molar-refractivity contribution in [3.8, 4) is 17.2 Å². The molecule has 0 amide bonds. The maximum Gasteiger partial charge on any atom is 0.231 e. The predicted molar refractivity (Wildman–Crippen MR) is 115 cm³/mol. The first-order valence-corrected chi connectivity index (χ1v) is 10.3. The second-order valence-electron chi connectivity index (χ2n) is 7.20. The summed E-state index contributed by atoms with van der Waals surface area (Å²) in [6.07, 6.45) is 0.177. The third-order valence-corrected chi connectivity index (χ3v) is 5.93. The monoisotopic (exact) mass is 468 g/mol. The van der Waals surface area contributed by atoms with Gasteiger partial charge >= 0.3 is 0 Å². The van der Waals surface area contributed by atoms with Crippen molar-refractivity contribution in [2.45, 2.75) is 18.6 Å². The maximum atomic E-state index is 13.8. The first-order chi connectivity index (χ1) is 14.6. The summed E-state index contributed by atoms with van der Waals surface area (Å²) in [6.45, 7) is 0.208. The van der Waals surface area contributed by atoms with Gasteiger partial charge < -0.3 is 14.6 Å². The Morgan fingerprint density at radius 3 is 2.70 bits per heavy atom. The van der Waals surface area contributed by atoms with Crippen LogP contribution < -0.4 is 14.8 Å². The number of para-hydroxylation sites is 1. The van der Waals surface area contributed by atoms with Crippen molar-refractivity contribution in [2.75, 3.05) is 6.79 Å². The van der Waals surface area contributed by atoms with Crippen molar-refractivity contribution in [3.63, 3.8) is 0 Å². The number of rotatable bonds is 3. The van der Waals surface area contributed by atoms with Crippen molar-refractivity contribution in [2.24, 2.45) is 4.99 Å². The van der Waals surface area contributed by atoms with E-state index in [-0.39, 0.29) is 24.4 Å². The van der Waals surface area contributed by atoms with Crippen molar-refractivity contribution < 1.29 is 19.0 Å². The fourth-order valence-electron chi connectivity index (χ4n) is 3.79. The molecule has 3 aromatic carbocycles. The number of nitrogens with one attached hydrogen (secondary N) is 1. The molecule has 2 aliphatic rings. The number of halogens is 2. The smallest absolute Gasteiger partial charge is 0.231 e. The van der Waals surface area contributed by atoms with Gasteiger partial charge in [-0.25, -0.2) is 4.39 Å². The average Bonchev–Trinajstić information content (AvgIpc) is 3.23. The van der Waals surface area contributed by atoms with Gasteiger partial charge in [-0.05, 0) is 63.5 Å². The molecule has 0 radical (unpaired) electrons. The number of phenolic OH excluding ortho intramolecular Hbond substituents is 1. The molecule has 5 rings (SSSR count). The number of ether oxygens (including phenoxy) is 2. The minimum Gasteiger partial charge on any atom is -0.508 e. The standard InChI is InChI=1S/C23H18BrFN2O3/c24-16-9-14(5-7-17(16)25)23-26-18(13-6-8-21-22(10-13)30-12-29-21)11-19(27-23)15-3-1-2-4-20(15)28/h1-10,19,23,27-28H,11-12H2/t19-,23-/m0/s1. The van der Waals surface area contributed by atoms with Crippen molar-refractivity contribution in [1.82, 2.24) is 5.32 Å². The zero-order valence-corrected chi connectivity index (χ0v) is 17.4. The van der Waals surface area contributed by atoms with Crippen LogP contribution in [0.15, 0.2) is 70.1 Å². The van der Waals surface area contributed by atoms with Gasteiger partial charge in [0, 0.05) is 23.7 Å². The minimum absolute atomic E-state index is 0.169. The molecular formula is C23H18BrFN2O3. The highest BCUT2D eigenvalue weighted by Crippen LogP contribution is 2.37. The van der Waals surface area contributed by atoms with E-state index in [4.69, 9.17) is 14.5 Å². The molecule has 0 aromatic heterocycles. The van der Waals surface area contributed by atoms with Crippen LogP contribution in [0.3, 0.4) is 0 Å². The van der Waals surface area contributed by atoms with E-state index in [9.17, 15) is 9.50 Å². The number of hydrogen-bond donors (Lipinski definition) is 2. The van der Waals surface area contributed by atoms with E-state index in [0.717, 1.165) is 22.4 Å². The van der Waals surface area contributed by atoms with Crippen molar-refractivity contribution in [3.05, 3.63) is 87.6 Å². The lowest BCUT2D eigenvalue weighted by Gasteiger charge is -2.31. The summed E-state index contributed by atoms with van der Waals surface area (Å²) in [4.78, 5) is 4.91. The number of benzene rings is 3. The van der Waals surface area contributed by atoms with Gasteiger partial charge in [0.15, 0.2) is 11.5 Å². The molecular weight excluding hydrogens is 451 g/mol. The molecule has 30 heavy (non-hydrogen) atoms. The molecule has 152 valence electrons. The van der Waals surface area contributed by atoms with E-state index >= 15 is 0 Å². The second kappa shape index (κ2) is 7.74. The first-order valence-electron chi connectivity index (χ1n) is 9.54. The van der Waals surface area contributed by atoms with Crippen LogP contribution >= 0.6 is 15.9 Å². The molecule has 0 aliphatic carbocycles. The third kappa shape index (κ3) is 3.55. The van der Waals surface area contributed by atoms with Crippen LogP contribution in [0.4, 0.5) is 4.39 Å². The molecule has 0 unspecified atom stereocenters. The van der Waals surface area contributed by atoms with Gasteiger partial charge in [0.05, 0.1) is 4.47 Å². The summed E-state index contributed by atoms with van der Waals surface area (Å²) in [5.41, 5.74) is 3.40. The van der Waals surface area contributed by atoms with E-state index < -0.39 is 6.17 Å². The molecule has 0 saturated carbocycles. The summed E-state index contributed by atoms with van der Waals surface area (Å²) in [5.74, 6) is 1.30. The average molecular weight is 469 g/mol. The number of aromatic hydroxyl groups is 1. The zero-order valence-electron chi connectivity index (χ0n) is 15.8. The quantitative estimate of drug-likeness (QED) is 0.551. The van der Waals surface area contributed by atoms with E-state index in [0.29, 0.717) is 22.4 Å². The van der Waals surface area contributed by atoms with Gasteiger partial charge in [0.25, 0.3) is 0 Å². The fraction of sp³-hybridized carbons (Fsp3) is 0.174. The molecule has 0 saturated heterocycles. The highest BCUT2D eigenvalue weighted by atomic mass is 79.9. The molecule has 0 spiro atoms. The van der Waals surface area contributed by atoms with E-state index in [2.05, 4.69) is 21.2 Å². The maximum absolute atomic E-state index is 13.8. The van der Waals surface area contributed by atoms with Crippen LogP contribution in [0.1, 0.15) is 35.3 Å². The zero-order chi connectivity index (χ0) is 20.7. The third-order valence-electron chi connectivity index (χ3n) is 5.32. The Morgan fingerprint density at radius 2 is 1.87 bits per heavy atom. The predicted octanol–water partition coefficient (Wildman–Crippen LogP) is 5.25. The summed E-state index contributed by atoms with van der Waals surface area (Å²) in [7, 11) is 0. The van der Waals surface area contributed by atoms with Gasteiger partial charge in [-0.1, -0.05) is 24.3 Å². The molecule has 0 bridgehead atoms. The van der Waals surface area contributed by atoms with Gasteiger partial charge in [-0.3, -0.25) is 10.3 Å². The van der Waals surface area contributed by atoms with Gasteiger partial charge in [-0.2, -0.15) is 0 Å². The topological polar surface area (TPSA) is 63.1 Å². The van der Waals surface area contributed by atoms with Crippen molar-refractivity contribution in [1.29, 1.82) is 0 Å². The van der Waals surface area contributed by atoms with E-state index in [1.54, 1.807) is 24.3 Å². The molecule has 0 fully saturated rings. The number of phenols is 1.